The normalized spacial score (nSPS) is 11.6. The van der Waals surface area contributed by atoms with Gasteiger partial charge in [0.1, 0.15) is 12.4 Å². The van der Waals surface area contributed by atoms with Crippen LogP contribution in [0.3, 0.4) is 0 Å². The summed E-state index contributed by atoms with van der Waals surface area (Å²) in [7, 11) is 0. The number of amides is 1. The van der Waals surface area contributed by atoms with Crippen molar-refractivity contribution >= 4 is 44.2 Å². The molecule has 0 saturated carbocycles. The van der Waals surface area contributed by atoms with E-state index in [-0.39, 0.29) is 16.6 Å². The number of nitrogens with one attached hydrogen (secondary N) is 1. The first-order valence-corrected chi connectivity index (χ1v) is 8.40. The van der Waals surface area contributed by atoms with Gasteiger partial charge in [-0.3, -0.25) is 9.59 Å². The minimum absolute atomic E-state index is 0.0479. The number of carbonyl (C=O) groups is 2. The monoisotopic (exact) mass is 442 g/mol. The average molecular weight is 443 g/mol. The lowest BCUT2D eigenvalue weighted by Gasteiger charge is -2.08. The van der Waals surface area contributed by atoms with Crippen molar-refractivity contribution in [2.24, 2.45) is 0 Å². The van der Waals surface area contributed by atoms with Gasteiger partial charge in [0.25, 0.3) is 5.78 Å². The summed E-state index contributed by atoms with van der Waals surface area (Å²) in [6.45, 7) is -0.391. The number of carbonyl (C=O) groups excluding carboxylic acids is 2. The maximum Gasteiger partial charge on any atom is 0.454 e. The number of ketones is 1. The molecule has 140 valence electrons. The fourth-order valence-corrected chi connectivity index (χ4v) is 3.00. The lowest BCUT2D eigenvalue weighted by atomic mass is 10.1. The van der Waals surface area contributed by atoms with Crippen LogP contribution >= 0.6 is 15.9 Å². The van der Waals surface area contributed by atoms with Gasteiger partial charge in [0.05, 0.1) is 11.3 Å². The van der Waals surface area contributed by atoms with Crippen molar-refractivity contribution in [3.8, 4) is 0 Å². The van der Waals surface area contributed by atoms with Gasteiger partial charge in [0.2, 0.25) is 5.91 Å². The Morgan fingerprint density at radius 1 is 1.11 bits per heavy atom. The summed E-state index contributed by atoms with van der Waals surface area (Å²) < 4.78 is 54.0. The fourth-order valence-electron chi connectivity index (χ4n) is 2.64. The largest absolute Gasteiger partial charge is 0.454 e. The molecule has 3 rings (SSSR count). The molecule has 0 fully saturated rings. The molecule has 0 unspecified atom stereocenters. The topological polar surface area (TPSA) is 51.1 Å². The Morgan fingerprint density at radius 2 is 1.81 bits per heavy atom. The molecule has 0 spiro atoms. The van der Waals surface area contributed by atoms with Crippen molar-refractivity contribution in [1.82, 2.24) is 4.57 Å². The van der Waals surface area contributed by atoms with Crippen LogP contribution in [0.2, 0.25) is 0 Å². The van der Waals surface area contributed by atoms with E-state index in [1.54, 1.807) is 6.07 Å². The van der Waals surface area contributed by atoms with Crippen LogP contribution in [0.15, 0.2) is 53.1 Å². The minimum Gasteiger partial charge on any atom is -0.337 e. The number of rotatable bonds is 4. The van der Waals surface area contributed by atoms with E-state index in [1.165, 1.54) is 34.9 Å². The molecule has 0 radical (unpaired) electrons. The van der Waals surface area contributed by atoms with Crippen LogP contribution in [-0.2, 0) is 11.3 Å². The molecule has 0 aliphatic carbocycles. The van der Waals surface area contributed by atoms with Crippen LogP contribution in [-0.4, -0.2) is 22.4 Å². The van der Waals surface area contributed by atoms with Crippen molar-refractivity contribution in [1.29, 1.82) is 0 Å². The van der Waals surface area contributed by atoms with Gasteiger partial charge in [-0.2, -0.15) is 13.2 Å². The van der Waals surface area contributed by atoms with Crippen LogP contribution in [0, 0.1) is 5.82 Å². The van der Waals surface area contributed by atoms with Crippen LogP contribution in [0.4, 0.5) is 23.2 Å². The Bertz CT molecular complexity index is 1040. The number of fused-ring (bicyclic) bond motifs is 1. The highest BCUT2D eigenvalue weighted by molar-refractivity contribution is 9.10. The third-order valence-corrected chi connectivity index (χ3v) is 4.30. The molecule has 2 aromatic carbocycles. The third kappa shape index (κ3) is 4.02. The quantitative estimate of drug-likeness (QED) is 0.460. The number of hydrogen-bond acceptors (Lipinski definition) is 2. The predicted octanol–water partition coefficient (Wildman–Crippen LogP) is 4.93. The summed E-state index contributed by atoms with van der Waals surface area (Å²) >= 11 is 3.16. The molecule has 0 saturated heterocycles. The summed E-state index contributed by atoms with van der Waals surface area (Å²) in [6, 6.07) is 9.95. The highest BCUT2D eigenvalue weighted by atomic mass is 79.9. The molecule has 0 aliphatic rings. The standard InChI is InChI=1S/C18H11BrF4N2O2/c19-10-5-6-15-11(7-10)12(17(27)18(21,22)23)8-25(15)9-16(26)24-14-4-2-1-3-13(14)20/h1-8H,9H2,(H,24,26). The maximum absolute atomic E-state index is 13.6. The molecule has 1 aromatic heterocycles. The maximum atomic E-state index is 13.6. The van der Waals surface area contributed by atoms with E-state index < -0.39 is 35.8 Å². The summed E-state index contributed by atoms with van der Waals surface area (Å²) in [5.41, 5.74) is -0.333. The van der Waals surface area contributed by atoms with Crippen molar-refractivity contribution in [2.45, 2.75) is 12.7 Å². The van der Waals surface area contributed by atoms with Crippen LogP contribution in [0.1, 0.15) is 10.4 Å². The summed E-state index contributed by atoms with van der Waals surface area (Å²) in [5.74, 6) is -3.29. The number of anilines is 1. The van der Waals surface area contributed by atoms with Crippen molar-refractivity contribution in [3.05, 3.63) is 64.5 Å². The fraction of sp³-hybridized carbons (Fsp3) is 0.111. The molecule has 1 N–H and O–H groups in total. The number of nitrogens with zero attached hydrogens (tertiary/aromatic N) is 1. The average Bonchev–Trinajstić information content (AvgIpc) is 2.92. The Labute approximate surface area is 158 Å². The zero-order valence-electron chi connectivity index (χ0n) is 13.5. The molecule has 1 heterocycles. The zero-order chi connectivity index (χ0) is 19.8. The van der Waals surface area contributed by atoms with Gasteiger partial charge < -0.3 is 9.88 Å². The second kappa shape index (κ2) is 7.15. The number of para-hydroxylation sites is 1. The first-order valence-electron chi connectivity index (χ1n) is 7.61. The summed E-state index contributed by atoms with van der Waals surface area (Å²) in [6.07, 6.45) is -4.06. The van der Waals surface area contributed by atoms with Gasteiger partial charge in [-0.05, 0) is 30.3 Å². The second-order valence-corrected chi connectivity index (χ2v) is 6.60. The van der Waals surface area contributed by atoms with E-state index in [0.29, 0.717) is 4.47 Å². The highest BCUT2D eigenvalue weighted by Crippen LogP contribution is 2.30. The van der Waals surface area contributed by atoms with Gasteiger partial charge in [0, 0.05) is 21.6 Å². The van der Waals surface area contributed by atoms with Gasteiger partial charge in [0.15, 0.2) is 0 Å². The molecule has 0 bridgehead atoms. The summed E-state index contributed by atoms with van der Waals surface area (Å²) in [5, 5.41) is 2.41. The van der Waals surface area contributed by atoms with E-state index in [2.05, 4.69) is 21.2 Å². The predicted molar refractivity (Wildman–Crippen MR) is 95.1 cm³/mol. The Kier molecular flexibility index (Phi) is 5.05. The smallest absolute Gasteiger partial charge is 0.337 e. The molecule has 0 atom stereocenters. The molecule has 4 nitrogen and oxygen atoms in total. The van der Waals surface area contributed by atoms with E-state index in [4.69, 9.17) is 0 Å². The van der Waals surface area contributed by atoms with Gasteiger partial charge >= 0.3 is 6.18 Å². The first-order chi connectivity index (χ1) is 12.7. The van der Waals surface area contributed by atoms with Crippen molar-refractivity contribution < 1.29 is 27.2 Å². The lowest BCUT2D eigenvalue weighted by molar-refractivity contribution is -0.116. The van der Waals surface area contributed by atoms with E-state index in [1.807, 2.05) is 0 Å². The number of benzene rings is 2. The van der Waals surface area contributed by atoms with Crippen molar-refractivity contribution in [3.63, 3.8) is 0 Å². The number of halogens is 5. The molecule has 27 heavy (non-hydrogen) atoms. The minimum atomic E-state index is -5.04. The third-order valence-electron chi connectivity index (χ3n) is 3.81. The van der Waals surface area contributed by atoms with E-state index >= 15 is 0 Å². The number of hydrogen-bond donors (Lipinski definition) is 1. The zero-order valence-corrected chi connectivity index (χ0v) is 15.1. The lowest BCUT2D eigenvalue weighted by Crippen LogP contribution is -2.22. The van der Waals surface area contributed by atoms with Gasteiger partial charge in [-0.1, -0.05) is 28.1 Å². The van der Waals surface area contributed by atoms with Crippen molar-refractivity contribution in [2.75, 3.05) is 5.32 Å². The molecular weight excluding hydrogens is 432 g/mol. The van der Waals surface area contributed by atoms with Crippen LogP contribution < -0.4 is 5.32 Å². The molecule has 9 heteroatoms. The highest BCUT2D eigenvalue weighted by Gasteiger charge is 2.41. The van der Waals surface area contributed by atoms with Crippen LogP contribution in [0.5, 0.6) is 0 Å². The molecule has 1 amide bonds. The molecule has 3 aromatic rings. The van der Waals surface area contributed by atoms with Gasteiger partial charge in [-0.15, -0.1) is 0 Å². The summed E-state index contributed by atoms with van der Waals surface area (Å²) in [4.78, 5) is 23.9. The number of Topliss-reactive ketones (excluding diaryl/α,β-unsaturated/α-hetero) is 1. The number of alkyl halides is 3. The number of aromatic nitrogens is 1. The van der Waals surface area contributed by atoms with E-state index in [0.717, 1.165) is 12.3 Å². The van der Waals surface area contributed by atoms with Crippen LogP contribution in [0.25, 0.3) is 10.9 Å². The Morgan fingerprint density at radius 3 is 2.48 bits per heavy atom. The second-order valence-electron chi connectivity index (χ2n) is 5.69. The SMILES string of the molecule is O=C(Cn1cc(C(=O)C(F)(F)F)c2cc(Br)ccc21)Nc1ccccc1F. The first kappa shape index (κ1) is 19.1. The van der Waals surface area contributed by atoms with E-state index in [9.17, 15) is 27.2 Å². The Hall–Kier alpha value is -2.68. The Balaban J connectivity index is 1.96. The molecule has 0 aliphatic heterocycles. The van der Waals surface area contributed by atoms with Gasteiger partial charge in [-0.25, -0.2) is 4.39 Å². The molecular formula is C18H11BrF4N2O2.